The second kappa shape index (κ2) is 7.40. The van der Waals surface area contributed by atoms with Crippen molar-refractivity contribution in [3.63, 3.8) is 0 Å². The Bertz CT molecular complexity index is 840. The maximum atomic E-state index is 12.8. The number of carbonyl (C=O) groups excluding carboxylic acids is 1. The van der Waals surface area contributed by atoms with Crippen LogP contribution in [0.4, 0.5) is 0 Å². The zero-order valence-corrected chi connectivity index (χ0v) is 15.1. The van der Waals surface area contributed by atoms with Gasteiger partial charge in [-0.05, 0) is 42.5 Å². The Kier molecular flexibility index (Phi) is 5.23. The minimum Gasteiger partial charge on any atom is -0.345 e. The zero-order valence-electron chi connectivity index (χ0n) is 14.3. The van der Waals surface area contributed by atoms with Crippen LogP contribution in [0.1, 0.15) is 47.6 Å². The Morgan fingerprint density at radius 1 is 1.04 bits per heavy atom. The number of rotatable bonds is 5. The van der Waals surface area contributed by atoms with Crippen LogP contribution in [0.5, 0.6) is 0 Å². The molecular formula is C20H23NO3S. The third-order valence-electron chi connectivity index (χ3n) is 4.84. The molecule has 3 rings (SSSR count). The lowest BCUT2D eigenvalue weighted by molar-refractivity contribution is 0.0921. The van der Waals surface area contributed by atoms with Gasteiger partial charge in [0.2, 0.25) is 0 Å². The smallest absolute Gasteiger partial charge is 0.251 e. The molecule has 0 bridgehead atoms. The van der Waals surface area contributed by atoms with E-state index in [-0.39, 0.29) is 16.8 Å². The summed E-state index contributed by atoms with van der Waals surface area (Å²) in [5.74, 6) is 0.190. The minimum atomic E-state index is -3.34. The average Bonchev–Trinajstić information content (AvgIpc) is 3.14. The lowest BCUT2D eigenvalue weighted by Gasteiger charge is -2.25. The van der Waals surface area contributed by atoms with Crippen LogP contribution in [0.25, 0.3) is 0 Å². The molecule has 0 radical (unpaired) electrons. The van der Waals surface area contributed by atoms with Gasteiger partial charge in [0.25, 0.3) is 5.91 Å². The van der Waals surface area contributed by atoms with Crippen LogP contribution in [0.15, 0.2) is 59.5 Å². The van der Waals surface area contributed by atoms with Crippen LogP contribution in [0.3, 0.4) is 0 Å². The van der Waals surface area contributed by atoms with Gasteiger partial charge in [0.1, 0.15) is 0 Å². The summed E-state index contributed by atoms with van der Waals surface area (Å²) in [4.78, 5) is 12.9. The second-order valence-electron chi connectivity index (χ2n) is 6.71. The predicted molar refractivity (Wildman–Crippen MR) is 98.2 cm³/mol. The lowest BCUT2D eigenvalue weighted by Crippen LogP contribution is -2.32. The Morgan fingerprint density at radius 3 is 2.36 bits per heavy atom. The number of benzene rings is 2. The van der Waals surface area contributed by atoms with Gasteiger partial charge in [0.15, 0.2) is 9.84 Å². The number of sulfone groups is 1. The fourth-order valence-electron chi connectivity index (χ4n) is 3.52. The van der Waals surface area contributed by atoms with Crippen molar-refractivity contribution in [2.45, 2.75) is 36.6 Å². The fourth-order valence-corrected chi connectivity index (χ4v) is 4.18. The quantitative estimate of drug-likeness (QED) is 0.886. The first kappa shape index (κ1) is 17.7. The van der Waals surface area contributed by atoms with Crippen molar-refractivity contribution in [3.05, 3.63) is 65.7 Å². The molecule has 1 saturated carbocycles. The summed E-state index contributed by atoms with van der Waals surface area (Å²) in [5.41, 5.74) is 1.48. The number of hydrogen-bond acceptors (Lipinski definition) is 3. The van der Waals surface area contributed by atoms with E-state index in [1.165, 1.54) is 25.0 Å². The van der Waals surface area contributed by atoms with Gasteiger partial charge in [-0.2, -0.15) is 0 Å². The van der Waals surface area contributed by atoms with E-state index in [9.17, 15) is 13.2 Å². The Morgan fingerprint density at radius 2 is 1.72 bits per heavy atom. The molecule has 0 aliphatic heterocycles. The molecule has 1 amide bonds. The van der Waals surface area contributed by atoms with Crippen LogP contribution >= 0.6 is 0 Å². The molecule has 1 fully saturated rings. The summed E-state index contributed by atoms with van der Waals surface area (Å²) in [6.07, 6.45) is 5.72. The highest BCUT2D eigenvalue weighted by Gasteiger charge is 2.28. The van der Waals surface area contributed by atoms with Gasteiger partial charge in [0.05, 0.1) is 10.9 Å². The van der Waals surface area contributed by atoms with Crippen molar-refractivity contribution in [2.24, 2.45) is 5.92 Å². The molecule has 1 N–H and O–H groups in total. The first-order chi connectivity index (χ1) is 11.9. The molecule has 1 atom stereocenters. The molecule has 2 aromatic rings. The monoisotopic (exact) mass is 357 g/mol. The highest BCUT2D eigenvalue weighted by molar-refractivity contribution is 7.90. The van der Waals surface area contributed by atoms with Gasteiger partial charge >= 0.3 is 0 Å². The summed E-state index contributed by atoms with van der Waals surface area (Å²) in [6.45, 7) is 0. The first-order valence-corrected chi connectivity index (χ1v) is 10.5. The molecule has 132 valence electrons. The lowest BCUT2D eigenvalue weighted by atomic mass is 9.91. The normalized spacial score (nSPS) is 16.5. The molecule has 25 heavy (non-hydrogen) atoms. The highest BCUT2D eigenvalue weighted by Crippen LogP contribution is 2.35. The van der Waals surface area contributed by atoms with Gasteiger partial charge in [-0.25, -0.2) is 8.42 Å². The molecule has 4 nitrogen and oxygen atoms in total. The van der Waals surface area contributed by atoms with Crippen LogP contribution in [0.2, 0.25) is 0 Å². The molecule has 0 heterocycles. The van der Waals surface area contributed by atoms with Gasteiger partial charge in [-0.1, -0.05) is 49.2 Å². The van der Waals surface area contributed by atoms with E-state index >= 15 is 0 Å². The number of carbonyl (C=O) groups is 1. The summed E-state index contributed by atoms with van der Waals surface area (Å²) in [5, 5.41) is 3.14. The largest absolute Gasteiger partial charge is 0.345 e. The van der Waals surface area contributed by atoms with Crippen LogP contribution in [0, 0.1) is 5.92 Å². The standard InChI is InChI=1S/C20H23NO3S/c1-25(23,24)18-13-7-12-17(14-18)20(22)21-19(16-10-5-6-11-16)15-8-3-2-4-9-15/h2-4,7-9,12-14,16,19H,5-6,10-11H2,1H3,(H,21,22). The predicted octanol–water partition coefficient (Wildman–Crippen LogP) is 3.75. The minimum absolute atomic E-state index is 0.0434. The van der Waals surface area contributed by atoms with E-state index in [2.05, 4.69) is 5.32 Å². The second-order valence-corrected chi connectivity index (χ2v) is 8.72. The summed E-state index contributed by atoms with van der Waals surface area (Å²) in [7, 11) is -3.34. The van der Waals surface area contributed by atoms with E-state index in [4.69, 9.17) is 0 Å². The van der Waals surface area contributed by atoms with Crippen molar-refractivity contribution in [1.82, 2.24) is 5.32 Å². The fraction of sp³-hybridized carbons (Fsp3) is 0.350. The summed E-state index contributed by atoms with van der Waals surface area (Å²) >= 11 is 0. The van der Waals surface area contributed by atoms with Crippen LogP contribution < -0.4 is 5.32 Å². The van der Waals surface area contributed by atoms with Gasteiger partial charge in [-0.15, -0.1) is 0 Å². The molecule has 1 aliphatic rings. The van der Waals surface area contributed by atoms with Crippen molar-refractivity contribution in [2.75, 3.05) is 6.26 Å². The maximum Gasteiger partial charge on any atom is 0.251 e. The molecule has 1 aliphatic carbocycles. The van der Waals surface area contributed by atoms with Crippen molar-refractivity contribution >= 4 is 15.7 Å². The first-order valence-electron chi connectivity index (χ1n) is 8.61. The van der Waals surface area contributed by atoms with E-state index in [1.54, 1.807) is 12.1 Å². The Labute approximate surface area is 149 Å². The van der Waals surface area contributed by atoms with E-state index in [0.29, 0.717) is 11.5 Å². The molecular weight excluding hydrogens is 334 g/mol. The maximum absolute atomic E-state index is 12.8. The van der Waals surface area contributed by atoms with E-state index in [1.807, 2.05) is 30.3 Å². The van der Waals surface area contributed by atoms with Crippen LogP contribution in [-0.4, -0.2) is 20.6 Å². The van der Waals surface area contributed by atoms with Gasteiger partial charge in [0, 0.05) is 11.8 Å². The zero-order chi connectivity index (χ0) is 17.9. The number of nitrogens with one attached hydrogen (secondary N) is 1. The molecule has 0 spiro atoms. The third-order valence-corrected chi connectivity index (χ3v) is 5.95. The van der Waals surface area contributed by atoms with Crippen molar-refractivity contribution in [1.29, 1.82) is 0 Å². The topological polar surface area (TPSA) is 63.2 Å². The summed E-state index contributed by atoms with van der Waals surface area (Å²) < 4.78 is 23.5. The number of amides is 1. The van der Waals surface area contributed by atoms with Crippen molar-refractivity contribution in [3.8, 4) is 0 Å². The van der Waals surface area contributed by atoms with Crippen LogP contribution in [-0.2, 0) is 9.84 Å². The summed E-state index contributed by atoms with van der Waals surface area (Å²) in [6, 6.07) is 16.2. The molecule has 1 unspecified atom stereocenters. The van der Waals surface area contributed by atoms with Gasteiger partial charge < -0.3 is 5.32 Å². The van der Waals surface area contributed by atoms with E-state index in [0.717, 1.165) is 24.7 Å². The molecule has 2 aromatic carbocycles. The molecule has 0 saturated heterocycles. The Balaban J connectivity index is 1.86. The average molecular weight is 357 g/mol. The van der Waals surface area contributed by atoms with Gasteiger partial charge in [-0.3, -0.25) is 4.79 Å². The molecule has 0 aromatic heterocycles. The SMILES string of the molecule is CS(=O)(=O)c1cccc(C(=O)NC(c2ccccc2)C2CCCC2)c1. The molecule has 5 heteroatoms. The Hall–Kier alpha value is -2.14. The number of hydrogen-bond donors (Lipinski definition) is 1. The van der Waals surface area contributed by atoms with E-state index < -0.39 is 9.84 Å². The third kappa shape index (κ3) is 4.28. The van der Waals surface area contributed by atoms with Crippen molar-refractivity contribution < 1.29 is 13.2 Å². The highest BCUT2D eigenvalue weighted by atomic mass is 32.2.